The number of aliphatic imine (C=N–C) groups is 2. The Balaban J connectivity index is 2.36. The van der Waals surface area contributed by atoms with Gasteiger partial charge in [-0.05, 0) is 89.8 Å². The van der Waals surface area contributed by atoms with Crippen LogP contribution in [0.2, 0.25) is 0 Å². The number of methoxy groups -OCH3 is 1. The quantitative estimate of drug-likeness (QED) is 0.313. The fourth-order valence-electron chi connectivity index (χ4n) is 5.26. The second-order valence-electron chi connectivity index (χ2n) is 11.7. The van der Waals surface area contributed by atoms with Crippen molar-refractivity contribution in [2.75, 3.05) is 12.4 Å². The number of hydrogen-bond acceptors (Lipinski definition) is 4. The van der Waals surface area contributed by atoms with Gasteiger partial charge in [-0.15, -0.1) is 0 Å². The zero-order valence-electron chi connectivity index (χ0n) is 25.9. The van der Waals surface area contributed by atoms with E-state index in [1.165, 1.54) is 33.4 Å². The number of rotatable bonds is 7. The zero-order valence-corrected chi connectivity index (χ0v) is 25.9. The molecular weight excluding hydrogens is 478 g/mol. The minimum Gasteiger partial charge on any atom is -0.494 e. The number of hydrogen-bond donors (Lipinski definition) is 1. The first-order chi connectivity index (χ1) is 18.2. The minimum absolute atomic E-state index is 0.273. The average molecular weight is 524 g/mol. The second kappa shape index (κ2) is 12.0. The van der Waals surface area contributed by atoms with Crippen molar-refractivity contribution in [2.24, 2.45) is 15.4 Å². The van der Waals surface area contributed by atoms with Gasteiger partial charge in [0.25, 0.3) is 0 Å². The third-order valence-electron chi connectivity index (χ3n) is 6.91. The molecule has 3 aromatic rings. The van der Waals surface area contributed by atoms with Crippen LogP contribution in [0.25, 0.3) is 0 Å². The maximum absolute atomic E-state index is 5.67. The van der Waals surface area contributed by atoms with Crippen molar-refractivity contribution in [3.05, 3.63) is 93.2 Å². The van der Waals surface area contributed by atoms with Gasteiger partial charge in [-0.3, -0.25) is 4.99 Å². The zero-order chi connectivity index (χ0) is 29.1. The Morgan fingerprint density at radius 1 is 0.744 bits per heavy atom. The topological polar surface area (TPSA) is 46.0 Å². The monoisotopic (exact) mass is 523 g/mol. The van der Waals surface area contributed by atoms with Crippen LogP contribution in [0.1, 0.15) is 68.0 Å². The molecule has 0 aromatic heterocycles. The number of allylic oxidation sites excluding steroid dienone is 2. The predicted molar refractivity (Wildman–Crippen MR) is 170 cm³/mol. The van der Waals surface area contributed by atoms with E-state index in [0.29, 0.717) is 0 Å². The number of anilines is 1. The summed E-state index contributed by atoms with van der Waals surface area (Å²) in [5.41, 5.74) is 13.8. The molecular formula is C35H45N3O. The third kappa shape index (κ3) is 7.06. The first-order valence-corrected chi connectivity index (χ1v) is 13.6. The molecule has 0 aliphatic carbocycles. The molecule has 0 fully saturated rings. The van der Waals surface area contributed by atoms with Crippen molar-refractivity contribution < 1.29 is 4.74 Å². The van der Waals surface area contributed by atoms with E-state index in [1.807, 2.05) is 24.3 Å². The molecule has 4 nitrogen and oxygen atoms in total. The molecule has 3 aromatic carbocycles. The largest absolute Gasteiger partial charge is 0.494 e. The standard InChI is InChI=1S/C35H45N3O/c1-21-17-23(3)32(24(4)18-21)36-27(7)31(28(8)37-33-25(5)19-22(2)20-26(33)6)34(35(9,10)11)38-29-15-13-14-16-30(29)39-12/h13-20,36H,1-12H3/b31-27-,37-28?,38-34?. The number of ether oxygens (including phenoxy) is 1. The summed E-state index contributed by atoms with van der Waals surface area (Å²) in [6, 6.07) is 16.7. The Bertz CT molecular complexity index is 1420. The Hall–Kier alpha value is -3.66. The minimum atomic E-state index is -0.273. The van der Waals surface area contributed by atoms with Crippen LogP contribution in [0.3, 0.4) is 0 Å². The van der Waals surface area contributed by atoms with Crippen molar-refractivity contribution in [3.63, 3.8) is 0 Å². The van der Waals surface area contributed by atoms with Gasteiger partial charge in [0.2, 0.25) is 0 Å². The summed E-state index contributed by atoms with van der Waals surface area (Å²) in [7, 11) is 1.69. The van der Waals surface area contributed by atoms with Crippen molar-refractivity contribution in [2.45, 2.75) is 76.2 Å². The molecule has 0 amide bonds. The summed E-state index contributed by atoms with van der Waals surface area (Å²) >= 11 is 0. The second-order valence-corrected chi connectivity index (χ2v) is 11.7. The van der Waals surface area contributed by atoms with Crippen LogP contribution in [0.4, 0.5) is 17.1 Å². The third-order valence-corrected chi connectivity index (χ3v) is 6.91. The van der Waals surface area contributed by atoms with E-state index in [-0.39, 0.29) is 5.41 Å². The maximum atomic E-state index is 5.67. The van der Waals surface area contributed by atoms with E-state index in [4.69, 9.17) is 14.7 Å². The Kier molecular flexibility index (Phi) is 9.22. The van der Waals surface area contributed by atoms with Crippen molar-refractivity contribution in [3.8, 4) is 5.75 Å². The van der Waals surface area contributed by atoms with E-state index < -0.39 is 0 Å². The van der Waals surface area contributed by atoms with Gasteiger partial charge in [-0.1, -0.05) is 68.3 Å². The lowest BCUT2D eigenvalue weighted by molar-refractivity contribution is 0.416. The Labute approximate surface area is 236 Å². The van der Waals surface area contributed by atoms with Crippen LogP contribution >= 0.6 is 0 Å². The van der Waals surface area contributed by atoms with Gasteiger partial charge in [0.15, 0.2) is 0 Å². The van der Waals surface area contributed by atoms with E-state index >= 15 is 0 Å². The molecule has 0 radical (unpaired) electrons. The van der Waals surface area contributed by atoms with Gasteiger partial charge >= 0.3 is 0 Å². The highest BCUT2D eigenvalue weighted by Gasteiger charge is 2.27. The van der Waals surface area contributed by atoms with Gasteiger partial charge < -0.3 is 10.1 Å². The SMILES string of the molecule is COc1ccccc1N=C(/C(C(C)=Nc1c(C)cc(C)cc1C)=C(/C)Nc1c(C)cc(C)cc1C)C(C)(C)C. The molecule has 3 rings (SSSR count). The highest BCUT2D eigenvalue weighted by Crippen LogP contribution is 2.35. The van der Waals surface area contributed by atoms with E-state index in [2.05, 4.69) is 106 Å². The maximum Gasteiger partial charge on any atom is 0.144 e. The van der Waals surface area contributed by atoms with Gasteiger partial charge in [-0.2, -0.15) is 0 Å². The lowest BCUT2D eigenvalue weighted by Gasteiger charge is -2.27. The van der Waals surface area contributed by atoms with Crippen molar-refractivity contribution in [1.29, 1.82) is 0 Å². The summed E-state index contributed by atoms with van der Waals surface area (Å²) in [4.78, 5) is 10.5. The smallest absolute Gasteiger partial charge is 0.144 e. The molecule has 0 spiro atoms. The van der Waals surface area contributed by atoms with Gasteiger partial charge in [0, 0.05) is 28.1 Å². The molecule has 1 N–H and O–H groups in total. The van der Waals surface area contributed by atoms with E-state index in [9.17, 15) is 0 Å². The van der Waals surface area contributed by atoms with Crippen LogP contribution in [-0.2, 0) is 0 Å². The normalized spacial score (nSPS) is 13.3. The molecule has 0 heterocycles. The predicted octanol–water partition coefficient (Wildman–Crippen LogP) is 9.84. The number of nitrogens with zero attached hydrogens (tertiary/aromatic N) is 2. The van der Waals surface area contributed by atoms with Crippen molar-refractivity contribution in [1.82, 2.24) is 0 Å². The number of aryl methyl sites for hydroxylation is 6. The molecule has 0 atom stereocenters. The highest BCUT2D eigenvalue weighted by atomic mass is 16.5. The number of nitrogens with one attached hydrogen (secondary N) is 1. The lowest BCUT2D eigenvalue weighted by Crippen LogP contribution is -2.28. The molecule has 206 valence electrons. The average Bonchev–Trinajstić information content (AvgIpc) is 2.82. The lowest BCUT2D eigenvalue weighted by atomic mass is 9.82. The molecule has 39 heavy (non-hydrogen) atoms. The highest BCUT2D eigenvalue weighted by molar-refractivity contribution is 6.27. The molecule has 0 aliphatic rings. The van der Waals surface area contributed by atoms with Crippen molar-refractivity contribution >= 4 is 28.5 Å². The van der Waals surface area contributed by atoms with E-state index in [0.717, 1.165) is 45.5 Å². The van der Waals surface area contributed by atoms with Gasteiger partial charge in [0.05, 0.1) is 18.5 Å². The van der Waals surface area contributed by atoms with Crippen LogP contribution in [0, 0.1) is 47.0 Å². The van der Waals surface area contributed by atoms with Gasteiger partial charge in [0.1, 0.15) is 11.4 Å². The van der Waals surface area contributed by atoms with Crippen LogP contribution in [-0.4, -0.2) is 18.5 Å². The molecule has 4 heteroatoms. The fourth-order valence-corrected chi connectivity index (χ4v) is 5.26. The molecule has 0 aliphatic heterocycles. The van der Waals surface area contributed by atoms with Crippen LogP contribution in [0.15, 0.2) is 69.8 Å². The summed E-state index contributed by atoms with van der Waals surface area (Å²) in [6.07, 6.45) is 0. The summed E-state index contributed by atoms with van der Waals surface area (Å²) in [5.74, 6) is 0.745. The fraction of sp³-hybridized carbons (Fsp3) is 0.371. The van der Waals surface area contributed by atoms with Crippen LogP contribution < -0.4 is 10.1 Å². The number of para-hydroxylation sites is 2. The molecule has 0 saturated carbocycles. The molecule has 0 saturated heterocycles. The van der Waals surface area contributed by atoms with E-state index in [1.54, 1.807) is 7.11 Å². The van der Waals surface area contributed by atoms with Crippen LogP contribution in [0.5, 0.6) is 5.75 Å². The summed E-state index contributed by atoms with van der Waals surface area (Å²) in [6.45, 7) is 23.7. The Morgan fingerprint density at radius 3 is 1.77 bits per heavy atom. The summed E-state index contributed by atoms with van der Waals surface area (Å²) < 4.78 is 5.67. The summed E-state index contributed by atoms with van der Waals surface area (Å²) in [5, 5.41) is 3.76. The number of benzene rings is 3. The first-order valence-electron chi connectivity index (χ1n) is 13.6. The molecule has 0 bridgehead atoms. The first kappa shape index (κ1) is 29.9. The Morgan fingerprint density at radius 2 is 1.26 bits per heavy atom. The van der Waals surface area contributed by atoms with Gasteiger partial charge in [-0.25, -0.2) is 4.99 Å². The molecule has 0 unspecified atom stereocenters.